The Hall–Kier alpha value is -2.42. The topological polar surface area (TPSA) is 46.2 Å². The first-order valence-corrected chi connectivity index (χ1v) is 8.47. The molecule has 0 aliphatic heterocycles. The van der Waals surface area contributed by atoms with Crippen LogP contribution in [0.1, 0.15) is 29.5 Å². The van der Waals surface area contributed by atoms with Gasteiger partial charge in [-0.15, -0.1) is 0 Å². The Morgan fingerprint density at radius 3 is 2.75 bits per heavy atom. The van der Waals surface area contributed by atoms with Gasteiger partial charge in [-0.2, -0.15) is 0 Å². The van der Waals surface area contributed by atoms with Crippen LogP contribution in [0.5, 0.6) is 0 Å². The van der Waals surface area contributed by atoms with Crippen molar-refractivity contribution in [2.45, 2.75) is 18.9 Å². The average Bonchev–Trinajstić information content (AvgIpc) is 2.94. The Bertz CT molecular complexity index is 966. The maximum absolute atomic E-state index is 9.98. The third-order valence-corrected chi connectivity index (χ3v) is 4.75. The van der Waals surface area contributed by atoms with Crippen LogP contribution in [0.15, 0.2) is 48.5 Å². The zero-order valence-corrected chi connectivity index (χ0v) is 13.6. The molecule has 120 valence electrons. The number of aliphatic hydroxyl groups is 1. The fourth-order valence-electron chi connectivity index (χ4n) is 3.61. The summed E-state index contributed by atoms with van der Waals surface area (Å²) in [5, 5.41) is 12.3. The highest BCUT2D eigenvalue weighted by Crippen LogP contribution is 2.37. The van der Waals surface area contributed by atoms with E-state index < -0.39 is 6.10 Å². The average molecular weight is 315 g/mol. The van der Waals surface area contributed by atoms with E-state index in [4.69, 9.17) is 5.73 Å². The molecule has 24 heavy (non-hydrogen) atoms. The molecule has 4 rings (SSSR count). The molecule has 1 atom stereocenters. The number of fused-ring (bicyclic) bond motifs is 2. The highest BCUT2D eigenvalue weighted by Gasteiger charge is 2.17. The van der Waals surface area contributed by atoms with Crippen molar-refractivity contribution in [3.63, 3.8) is 0 Å². The highest BCUT2D eigenvalue weighted by molar-refractivity contribution is 6.01. The molecule has 0 radical (unpaired) electrons. The number of benzene rings is 2. The van der Waals surface area contributed by atoms with Crippen LogP contribution in [0, 0.1) is 0 Å². The van der Waals surface area contributed by atoms with Crippen molar-refractivity contribution in [3.8, 4) is 0 Å². The summed E-state index contributed by atoms with van der Waals surface area (Å²) >= 11 is 0. The molecule has 2 aromatic rings. The van der Waals surface area contributed by atoms with E-state index in [1.165, 1.54) is 27.5 Å². The van der Waals surface area contributed by atoms with Gasteiger partial charge in [0.1, 0.15) is 0 Å². The van der Waals surface area contributed by atoms with Gasteiger partial charge in [-0.1, -0.05) is 54.6 Å². The van der Waals surface area contributed by atoms with Gasteiger partial charge in [0.2, 0.25) is 0 Å². The van der Waals surface area contributed by atoms with Crippen molar-refractivity contribution in [2.24, 2.45) is 5.73 Å². The van der Waals surface area contributed by atoms with Crippen molar-refractivity contribution >= 4 is 29.4 Å². The third kappa shape index (κ3) is 2.64. The van der Waals surface area contributed by atoms with Crippen LogP contribution in [0.25, 0.3) is 29.4 Å². The molecule has 2 heteroatoms. The van der Waals surface area contributed by atoms with Crippen molar-refractivity contribution in [1.29, 1.82) is 0 Å². The highest BCUT2D eigenvalue weighted by atomic mass is 16.3. The zero-order valence-electron chi connectivity index (χ0n) is 13.6. The summed E-state index contributed by atoms with van der Waals surface area (Å²) < 4.78 is 0. The summed E-state index contributed by atoms with van der Waals surface area (Å²) in [6.45, 7) is 0.656. The molecule has 0 amide bonds. The SMILES string of the molecule is NCCC1=C/C(=C\c2cccc3c2=CC(O)CC=3)c2ccccc21. The van der Waals surface area contributed by atoms with Crippen LogP contribution in [-0.2, 0) is 0 Å². The summed E-state index contributed by atoms with van der Waals surface area (Å²) in [7, 11) is 0. The van der Waals surface area contributed by atoms with Crippen LogP contribution < -0.4 is 16.2 Å². The van der Waals surface area contributed by atoms with E-state index in [-0.39, 0.29) is 0 Å². The van der Waals surface area contributed by atoms with Gasteiger partial charge in [0, 0.05) is 0 Å². The number of hydrogen-bond acceptors (Lipinski definition) is 2. The molecule has 3 N–H and O–H groups in total. The lowest BCUT2D eigenvalue weighted by atomic mass is 9.98. The number of hydrogen-bond donors (Lipinski definition) is 2. The number of aliphatic hydroxyl groups excluding tert-OH is 1. The number of rotatable bonds is 3. The fraction of sp³-hybridized carbons (Fsp3) is 0.182. The first-order chi connectivity index (χ1) is 11.8. The number of allylic oxidation sites excluding steroid dienone is 2. The van der Waals surface area contributed by atoms with E-state index in [0.717, 1.165) is 17.2 Å². The molecule has 0 fully saturated rings. The molecule has 0 saturated carbocycles. The predicted octanol–water partition coefficient (Wildman–Crippen LogP) is 2.30. The Kier molecular flexibility index (Phi) is 3.93. The van der Waals surface area contributed by atoms with Gasteiger partial charge >= 0.3 is 0 Å². The second kappa shape index (κ2) is 6.23. The lowest BCUT2D eigenvalue weighted by molar-refractivity contribution is 0.244. The van der Waals surface area contributed by atoms with Crippen molar-refractivity contribution in [2.75, 3.05) is 6.54 Å². The van der Waals surface area contributed by atoms with Gasteiger partial charge in [0.25, 0.3) is 0 Å². The molecular weight excluding hydrogens is 294 g/mol. The molecule has 0 aromatic heterocycles. The Morgan fingerprint density at radius 1 is 1.08 bits per heavy atom. The molecule has 0 heterocycles. The summed E-state index contributed by atoms with van der Waals surface area (Å²) in [4.78, 5) is 0. The Labute approximate surface area is 142 Å². The van der Waals surface area contributed by atoms with E-state index in [0.29, 0.717) is 13.0 Å². The molecule has 0 bridgehead atoms. The summed E-state index contributed by atoms with van der Waals surface area (Å²) in [5.41, 5.74) is 12.0. The fourth-order valence-corrected chi connectivity index (χ4v) is 3.61. The van der Waals surface area contributed by atoms with Crippen LogP contribution in [0.3, 0.4) is 0 Å². The van der Waals surface area contributed by atoms with E-state index in [9.17, 15) is 5.11 Å². The summed E-state index contributed by atoms with van der Waals surface area (Å²) in [6.07, 6.45) is 9.74. The van der Waals surface area contributed by atoms with Gasteiger partial charge in [-0.25, -0.2) is 0 Å². The molecule has 0 saturated heterocycles. The van der Waals surface area contributed by atoms with Crippen LogP contribution in [0.4, 0.5) is 0 Å². The first-order valence-electron chi connectivity index (χ1n) is 8.47. The monoisotopic (exact) mass is 315 g/mol. The standard InChI is InChI=1S/C22H21NO/c23-11-10-17-13-18(21-7-2-1-6-20(17)21)12-16-5-3-4-15-8-9-19(24)14-22(15)16/h1-8,12-14,19,24H,9-11,23H2/b18-12+. The van der Waals surface area contributed by atoms with Crippen LogP contribution in [0.2, 0.25) is 0 Å². The molecule has 2 nitrogen and oxygen atoms in total. The first kappa shape index (κ1) is 15.1. The molecule has 0 spiro atoms. The van der Waals surface area contributed by atoms with E-state index in [2.05, 4.69) is 60.7 Å². The largest absolute Gasteiger partial charge is 0.389 e. The zero-order chi connectivity index (χ0) is 16.5. The normalized spacial score (nSPS) is 20.0. The third-order valence-electron chi connectivity index (χ3n) is 4.75. The summed E-state index contributed by atoms with van der Waals surface area (Å²) in [6, 6.07) is 14.8. The lowest BCUT2D eigenvalue weighted by Gasteiger charge is -2.09. The molecule has 1 unspecified atom stereocenters. The van der Waals surface area contributed by atoms with Crippen molar-refractivity contribution in [1.82, 2.24) is 0 Å². The minimum Gasteiger partial charge on any atom is -0.389 e. The van der Waals surface area contributed by atoms with E-state index in [1.807, 2.05) is 6.08 Å². The van der Waals surface area contributed by atoms with Gasteiger partial charge in [-0.3, -0.25) is 0 Å². The minimum absolute atomic E-state index is 0.392. The van der Waals surface area contributed by atoms with Gasteiger partial charge in [0.15, 0.2) is 0 Å². The maximum atomic E-state index is 9.98. The molecule has 2 aliphatic carbocycles. The Morgan fingerprint density at radius 2 is 1.92 bits per heavy atom. The van der Waals surface area contributed by atoms with Crippen LogP contribution in [-0.4, -0.2) is 17.8 Å². The van der Waals surface area contributed by atoms with Crippen LogP contribution >= 0.6 is 0 Å². The Balaban J connectivity index is 1.88. The smallest absolute Gasteiger partial charge is 0.0764 e. The van der Waals surface area contributed by atoms with E-state index in [1.54, 1.807) is 0 Å². The quantitative estimate of drug-likeness (QED) is 0.913. The molecular formula is C22H21NO. The molecule has 2 aromatic carbocycles. The predicted molar refractivity (Wildman–Crippen MR) is 101 cm³/mol. The van der Waals surface area contributed by atoms with Crippen molar-refractivity contribution < 1.29 is 5.11 Å². The van der Waals surface area contributed by atoms with Gasteiger partial charge < -0.3 is 10.8 Å². The number of nitrogens with two attached hydrogens (primary N) is 1. The van der Waals surface area contributed by atoms with Gasteiger partial charge in [0.05, 0.1) is 6.10 Å². The second-order valence-corrected chi connectivity index (χ2v) is 6.38. The van der Waals surface area contributed by atoms with Crippen molar-refractivity contribution in [3.05, 3.63) is 75.7 Å². The second-order valence-electron chi connectivity index (χ2n) is 6.38. The van der Waals surface area contributed by atoms with E-state index >= 15 is 0 Å². The summed E-state index contributed by atoms with van der Waals surface area (Å²) in [5.74, 6) is 0. The minimum atomic E-state index is -0.392. The molecule has 2 aliphatic rings. The lowest BCUT2D eigenvalue weighted by Crippen LogP contribution is -2.32. The van der Waals surface area contributed by atoms with Gasteiger partial charge in [-0.05, 0) is 69.8 Å². The maximum Gasteiger partial charge on any atom is 0.0764 e.